The Labute approximate surface area is 86.0 Å². The van der Waals surface area contributed by atoms with Crippen molar-refractivity contribution in [1.82, 2.24) is 0 Å². The number of hydrogen-bond donors (Lipinski definition) is 0. The lowest BCUT2D eigenvalue weighted by Crippen LogP contribution is -1.98. The molecule has 0 bridgehead atoms. The van der Waals surface area contributed by atoms with Crippen molar-refractivity contribution in [3.8, 4) is 0 Å². The Morgan fingerprint density at radius 2 is 2.00 bits per heavy atom. The molecule has 0 saturated heterocycles. The normalized spacial score (nSPS) is 11.8. The lowest BCUT2D eigenvalue weighted by molar-refractivity contribution is -0.139. The molecule has 78 valence electrons. The second-order valence-corrected chi connectivity index (χ2v) is 3.31. The molecule has 0 heterocycles. The van der Waals surface area contributed by atoms with Crippen LogP contribution in [-0.2, 0) is 9.53 Å². The molecule has 0 aromatic heterocycles. The highest BCUT2D eigenvalue weighted by Gasteiger charge is 1.89. The molecule has 0 N–H and O–H groups in total. The Balaban J connectivity index is 3.77. The van der Waals surface area contributed by atoms with Gasteiger partial charge in [-0.15, -0.1) is 0 Å². The van der Waals surface area contributed by atoms with E-state index < -0.39 is 0 Å². The van der Waals surface area contributed by atoms with Crippen molar-refractivity contribution in [1.29, 1.82) is 0 Å². The zero-order chi connectivity index (χ0) is 11.0. The standard InChI is InChI=1S/C12H18O2/c1-10(2)6-5-7-11(3)8-9-14-12(4)13/h5-6,8H,1,7,9H2,2-4H3/b6-5+,11-8+. The number of allylic oxidation sites excluding steroid dienone is 4. The molecule has 14 heavy (non-hydrogen) atoms. The third kappa shape index (κ3) is 8.78. The fraction of sp³-hybridized carbons (Fsp3) is 0.417. The first-order valence-corrected chi connectivity index (χ1v) is 4.63. The molecule has 0 amide bonds. The first kappa shape index (κ1) is 12.7. The van der Waals surface area contributed by atoms with E-state index in [0.717, 1.165) is 12.0 Å². The van der Waals surface area contributed by atoms with Crippen LogP contribution in [0.1, 0.15) is 27.2 Å². The van der Waals surface area contributed by atoms with E-state index in [4.69, 9.17) is 4.74 Å². The molecule has 0 unspecified atom stereocenters. The van der Waals surface area contributed by atoms with E-state index in [1.54, 1.807) is 0 Å². The molecule has 0 aliphatic heterocycles. The van der Waals surface area contributed by atoms with Crippen LogP contribution < -0.4 is 0 Å². The summed E-state index contributed by atoms with van der Waals surface area (Å²) in [7, 11) is 0. The van der Waals surface area contributed by atoms with E-state index in [1.165, 1.54) is 12.5 Å². The lowest BCUT2D eigenvalue weighted by atomic mass is 10.2. The number of carbonyl (C=O) groups is 1. The lowest BCUT2D eigenvalue weighted by Gasteiger charge is -1.98. The maximum absolute atomic E-state index is 10.5. The van der Waals surface area contributed by atoms with Crippen LogP contribution in [0.25, 0.3) is 0 Å². The molecule has 0 saturated carbocycles. The van der Waals surface area contributed by atoms with Crippen LogP contribution in [0.5, 0.6) is 0 Å². The zero-order valence-corrected chi connectivity index (χ0v) is 9.17. The molecule has 0 radical (unpaired) electrons. The number of rotatable bonds is 5. The molecular weight excluding hydrogens is 176 g/mol. The summed E-state index contributed by atoms with van der Waals surface area (Å²) >= 11 is 0. The summed E-state index contributed by atoms with van der Waals surface area (Å²) in [4.78, 5) is 10.5. The molecule has 2 nitrogen and oxygen atoms in total. The highest BCUT2D eigenvalue weighted by Crippen LogP contribution is 2.02. The summed E-state index contributed by atoms with van der Waals surface area (Å²) in [5.41, 5.74) is 2.22. The van der Waals surface area contributed by atoms with Crippen LogP contribution >= 0.6 is 0 Å². The topological polar surface area (TPSA) is 26.3 Å². The number of esters is 1. The summed E-state index contributed by atoms with van der Waals surface area (Å²) in [5.74, 6) is -0.244. The van der Waals surface area contributed by atoms with Crippen molar-refractivity contribution in [3.05, 3.63) is 36.0 Å². The van der Waals surface area contributed by atoms with Crippen LogP contribution in [0, 0.1) is 0 Å². The Bertz CT molecular complexity index is 259. The van der Waals surface area contributed by atoms with Gasteiger partial charge in [-0.25, -0.2) is 0 Å². The number of hydrogen-bond acceptors (Lipinski definition) is 2. The maximum Gasteiger partial charge on any atom is 0.302 e. The molecule has 0 aliphatic rings. The monoisotopic (exact) mass is 194 g/mol. The first-order chi connectivity index (χ1) is 6.52. The molecule has 0 spiro atoms. The summed E-state index contributed by atoms with van der Waals surface area (Å²) in [6, 6.07) is 0. The number of ether oxygens (including phenoxy) is 1. The highest BCUT2D eigenvalue weighted by atomic mass is 16.5. The molecule has 2 heteroatoms. The minimum absolute atomic E-state index is 0.244. The maximum atomic E-state index is 10.5. The largest absolute Gasteiger partial charge is 0.462 e. The van der Waals surface area contributed by atoms with Gasteiger partial charge in [0.25, 0.3) is 0 Å². The zero-order valence-electron chi connectivity index (χ0n) is 9.17. The van der Waals surface area contributed by atoms with Crippen molar-refractivity contribution < 1.29 is 9.53 Å². The fourth-order valence-corrected chi connectivity index (χ4v) is 0.831. The Morgan fingerprint density at radius 3 is 2.50 bits per heavy atom. The summed E-state index contributed by atoms with van der Waals surface area (Å²) in [6.07, 6.45) is 6.80. The highest BCUT2D eigenvalue weighted by molar-refractivity contribution is 5.66. The molecule has 0 atom stereocenters. The molecule has 0 aliphatic carbocycles. The second-order valence-electron chi connectivity index (χ2n) is 3.31. The van der Waals surface area contributed by atoms with Crippen molar-refractivity contribution in [3.63, 3.8) is 0 Å². The van der Waals surface area contributed by atoms with E-state index >= 15 is 0 Å². The van der Waals surface area contributed by atoms with E-state index in [9.17, 15) is 4.79 Å². The van der Waals surface area contributed by atoms with Crippen LogP contribution in [0.4, 0.5) is 0 Å². The van der Waals surface area contributed by atoms with Crippen LogP contribution in [0.15, 0.2) is 36.0 Å². The van der Waals surface area contributed by atoms with Gasteiger partial charge in [0.2, 0.25) is 0 Å². The Kier molecular flexibility index (Phi) is 6.46. The van der Waals surface area contributed by atoms with E-state index in [-0.39, 0.29) is 5.97 Å². The first-order valence-electron chi connectivity index (χ1n) is 4.63. The van der Waals surface area contributed by atoms with Crippen molar-refractivity contribution in [2.45, 2.75) is 27.2 Å². The van der Waals surface area contributed by atoms with E-state index in [1.807, 2.05) is 32.1 Å². The Hall–Kier alpha value is -1.31. The fourth-order valence-electron chi connectivity index (χ4n) is 0.831. The minimum Gasteiger partial charge on any atom is -0.462 e. The van der Waals surface area contributed by atoms with Gasteiger partial charge in [-0.05, 0) is 26.3 Å². The molecule has 0 aromatic rings. The second kappa shape index (κ2) is 7.13. The third-order valence-corrected chi connectivity index (χ3v) is 1.56. The molecule has 0 aromatic carbocycles. The van der Waals surface area contributed by atoms with Gasteiger partial charge in [-0.3, -0.25) is 4.79 Å². The van der Waals surface area contributed by atoms with Gasteiger partial charge in [-0.1, -0.05) is 29.9 Å². The Morgan fingerprint density at radius 1 is 1.36 bits per heavy atom. The van der Waals surface area contributed by atoms with Gasteiger partial charge in [-0.2, -0.15) is 0 Å². The number of carbonyl (C=O) groups excluding carboxylic acids is 1. The van der Waals surface area contributed by atoms with Crippen molar-refractivity contribution >= 4 is 5.97 Å². The van der Waals surface area contributed by atoms with Crippen molar-refractivity contribution in [2.24, 2.45) is 0 Å². The smallest absolute Gasteiger partial charge is 0.302 e. The van der Waals surface area contributed by atoms with Crippen molar-refractivity contribution in [2.75, 3.05) is 6.61 Å². The van der Waals surface area contributed by atoms with Crippen LogP contribution in [0.2, 0.25) is 0 Å². The summed E-state index contributed by atoms with van der Waals surface area (Å²) < 4.78 is 4.78. The summed E-state index contributed by atoms with van der Waals surface area (Å²) in [5, 5.41) is 0. The average molecular weight is 194 g/mol. The minimum atomic E-state index is -0.244. The van der Waals surface area contributed by atoms with E-state index in [2.05, 4.69) is 6.58 Å². The molecular formula is C12H18O2. The quantitative estimate of drug-likeness (QED) is 0.382. The summed E-state index contributed by atoms with van der Waals surface area (Å²) in [6.45, 7) is 9.49. The van der Waals surface area contributed by atoms with Crippen LogP contribution in [0.3, 0.4) is 0 Å². The average Bonchev–Trinajstić information content (AvgIpc) is 2.02. The molecule has 0 fully saturated rings. The van der Waals surface area contributed by atoms with Gasteiger partial charge in [0, 0.05) is 6.92 Å². The molecule has 0 rings (SSSR count). The predicted octanol–water partition coefficient (Wildman–Crippen LogP) is 3.02. The van der Waals surface area contributed by atoms with Gasteiger partial charge < -0.3 is 4.74 Å². The van der Waals surface area contributed by atoms with Gasteiger partial charge in [0.05, 0.1) is 0 Å². The van der Waals surface area contributed by atoms with Crippen LogP contribution in [-0.4, -0.2) is 12.6 Å². The predicted molar refractivity (Wildman–Crippen MR) is 59.0 cm³/mol. The van der Waals surface area contributed by atoms with Gasteiger partial charge >= 0.3 is 5.97 Å². The SMILES string of the molecule is C=C(C)/C=C/C/C(C)=C/COC(C)=O. The third-order valence-electron chi connectivity index (χ3n) is 1.56. The van der Waals surface area contributed by atoms with Gasteiger partial charge in [0.15, 0.2) is 0 Å². The van der Waals surface area contributed by atoms with Gasteiger partial charge in [0.1, 0.15) is 6.61 Å². The van der Waals surface area contributed by atoms with E-state index in [0.29, 0.717) is 6.61 Å².